The fourth-order valence-corrected chi connectivity index (χ4v) is 6.69. The van der Waals surface area contributed by atoms with E-state index in [0.717, 1.165) is 0 Å². The van der Waals surface area contributed by atoms with Crippen molar-refractivity contribution < 1.29 is 0 Å². The third-order valence-electron chi connectivity index (χ3n) is 8.48. The van der Waals surface area contributed by atoms with Crippen molar-refractivity contribution in [1.82, 2.24) is 0 Å². The van der Waals surface area contributed by atoms with Gasteiger partial charge in [-0.2, -0.15) is 0 Å². The van der Waals surface area contributed by atoms with Crippen LogP contribution < -0.4 is 0 Å². The molecule has 0 saturated heterocycles. The molecule has 0 bridgehead atoms. The van der Waals surface area contributed by atoms with Crippen molar-refractivity contribution in [3.05, 3.63) is 129 Å². The van der Waals surface area contributed by atoms with E-state index in [-0.39, 0.29) is 5.41 Å². The van der Waals surface area contributed by atoms with Crippen LogP contribution in [0.3, 0.4) is 0 Å². The summed E-state index contributed by atoms with van der Waals surface area (Å²) in [5.74, 6) is 1.94. The van der Waals surface area contributed by atoms with Gasteiger partial charge in [-0.25, -0.2) is 0 Å². The fourth-order valence-electron chi connectivity index (χ4n) is 6.69. The molecule has 5 rings (SSSR count). The minimum absolute atomic E-state index is 0.342. The van der Waals surface area contributed by atoms with Gasteiger partial charge in [-0.05, 0) is 79.3 Å². The predicted octanol–water partition coefficient (Wildman–Crippen LogP) is 10.5. The summed E-state index contributed by atoms with van der Waals surface area (Å²) >= 11 is 0. The van der Waals surface area contributed by atoms with Crippen LogP contribution in [0.5, 0.6) is 0 Å². The Morgan fingerprint density at radius 2 is 0.757 bits per heavy atom. The van der Waals surface area contributed by atoms with E-state index in [1.165, 1.54) is 55.6 Å². The first-order chi connectivity index (χ1) is 17.7. The Bertz CT molecular complexity index is 1320. The lowest BCUT2D eigenvalue weighted by Crippen LogP contribution is -2.29. The minimum atomic E-state index is -0.342. The highest BCUT2D eigenvalue weighted by atomic mass is 14.5. The van der Waals surface area contributed by atoms with E-state index in [1.54, 1.807) is 0 Å². The zero-order valence-electron chi connectivity index (χ0n) is 23.9. The highest BCUT2D eigenvalue weighted by Crippen LogP contribution is 2.56. The highest BCUT2D eigenvalue weighted by molar-refractivity contribution is 5.86. The molecule has 0 aromatic heterocycles. The Morgan fingerprint density at radius 1 is 0.405 bits per heavy atom. The van der Waals surface area contributed by atoms with Crippen LogP contribution in [0.2, 0.25) is 0 Å². The van der Waals surface area contributed by atoms with Gasteiger partial charge >= 0.3 is 0 Å². The van der Waals surface area contributed by atoms with Gasteiger partial charge in [-0.3, -0.25) is 0 Å². The van der Waals surface area contributed by atoms with Crippen LogP contribution >= 0.6 is 0 Å². The molecule has 1 aliphatic carbocycles. The predicted molar refractivity (Wildman–Crippen MR) is 160 cm³/mol. The van der Waals surface area contributed by atoms with E-state index >= 15 is 0 Å². The Labute approximate surface area is 224 Å². The molecular weight excluding hydrogens is 444 g/mol. The van der Waals surface area contributed by atoms with E-state index in [9.17, 15) is 0 Å². The fraction of sp³-hybridized carbons (Fsp3) is 0.351. The topological polar surface area (TPSA) is 0 Å². The maximum Gasteiger partial charge on any atom is 0.0713 e. The van der Waals surface area contributed by atoms with E-state index in [2.05, 4.69) is 140 Å². The molecule has 0 N–H and O–H groups in total. The van der Waals surface area contributed by atoms with Gasteiger partial charge in [0.15, 0.2) is 0 Å². The molecular formula is C37H42. The van der Waals surface area contributed by atoms with E-state index in [4.69, 9.17) is 0 Å². The van der Waals surface area contributed by atoms with Gasteiger partial charge in [0, 0.05) is 0 Å². The van der Waals surface area contributed by atoms with Gasteiger partial charge in [0.25, 0.3) is 0 Å². The second-order valence-electron chi connectivity index (χ2n) is 12.1. The van der Waals surface area contributed by atoms with Gasteiger partial charge in [-0.1, -0.05) is 140 Å². The van der Waals surface area contributed by atoms with Crippen molar-refractivity contribution in [2.75, 3.05) is 0 Å². The molecule has 0 heteroatoms. The van der Waals surface area contributed by atoms with Crippen LogP contribution in [0.25, 0.3) is 11.1 Å². The zero-order valence-corrected chi connectivity index (χ0v) is 23.9. The number of fused-ring (bicyclic) bond motifs is 3. The highest BCUT2D eigenvalue weighted by Gasteiger charge is 2.46. The average molecular weight is 487 g/mol. The van der Waals surface area contributed by atoms with Crippen LogP contribution in [0.15, 0.2) is 84.9 Å². The molecule has 190 valence electrons. The molecule has 0 unspecified atom stereocenters. The molecule has 1 aliphatic rings. The van der Waals surface area contributed by atoms with Crippen molar-refractivity contribution in [1.29, 1.82) is 0 Å². The van der Waals surface area contributed by atoms with Crippen LogP contribution in [-0.4, -0.2) is 0 Å². The molecule has 0 fully saturated rings. The number of hydrogen-bond donors (Lipinski definition) is 0. The normalized spacial score (nSPS) is 14.1. The molecule has 4 aromatic carbocycles. The van der Waals surface area contributed by atoms with Gasteiger partial charge in [-0.15, -0.1) is 0 Å². The lowest BCUT2D eigenvalue weighted by Gasteiger charge is -2.36. The third-order valence-corrected chi connectivity index (χ3v) is 8.48. The van der Waals surface area contributed by atoms with Crippen molar-refractivity contribution in [3.63, 3.8) is 0 Å². The summed E-state index contributed by atoms with van der Waals surface area (Å²) in [6.45, 7) is 18.6. The lowest BCUT2D eigenvalue weighted by molar-refractivity contribution is 0.733. The summed E-state index contributed by atoms with van der Waals surface area (Å²) in [5.41, 5.74) is 13.8. The lowest BCUT2D eigenvalue weighted by atomic mass is 9.66. The quantitative estimate of drug-likeness (QED) is 0.224. The van der Waals surface area contributed by atoms with Crippen molar-refractivity contribution in [2.45, 2.75) is 84.5 Å². The van der Waals surface area contributed by atoms with Gasteiger partial charge in [0.2, 0.25) is 0 Å². The van der Waals surface area contributed by atoms with Gasteiger partial charge in [0.05, 0.1) is 5.41 Å². The molecule has 0 heterocycles. The summed E-state index contributed by atoms with van der Waals surface area (Å²) in [7, 11) is 0. The zero-order chi connectivity index (χ0) is 26.5. The third kappa shape index (κ3) is 3.97. The minimum Gasteiger partial charge on any atom is -0.0619 e. The molecule has 0 amide bonds. The molecule has 4 aromatic rings. The number of hydrogen-bond acceptors (Lipinski definition) is 0. The maximum atomic E-state index is 2.53. The molecule has 0 aliphatic heterocycles. The first-order valence-electron chi connectivity index (χ1n) is 14.2. The number of benzene rings is 4. The second kappa shape index (κ2) is 9.64. The molecule has 0 atom stereocenters. The summed E-state index contributed by atoms with van der Waals surface area (Å²) in [6.07, 6.45) is 0. The van der Waals surface area contributed by atoms with E-state index in [1.807, 2.05) is 0 Å². The van der Waals surface area contributed by atoms with E-state index in [0.29, 0.717) is 23.7 Å². The Morgan fingerprint density at radius 3 is 1.11 bits per heavy atom. The molecule has 0 radical (unpaired) electrons. The summed E-state index contributed by atoms with van der Waals surface area (Å²) in [5, 5.41) is 0. The van der Waals surface area contributed by atoms with Crippen LogP contribution in [-0.2, 0) is 5.41 Å². The first-order valence-corrected chi connectivity index (χ1v) is 14.2. The Kier molecular flexibility index (Phi) is 6.65. The summed E-state index contributed by atoms with van der Waals surface area (Å²) in [6, 6.07) is 32.9. The maximum absolute atomic E-state index is 2.53. The Balaban J connectivity index is 1.93. The monoisotopic (exact) mass is 486 g/mol. The van der Waals surface area contributed by atoms with Gasteiger partial charge in [0.1, 0.15) is 0 Å². The molecule has 0 spiro atoms. The summed E-state index contributed by atoms with van der Waals surface area (Å²) in [4.78, 5) is 0. The summed E-state index contributed by atoms with van der Waals surface area (Å²) < 4.78 is 0. The largest absolute Gasteiger partial charge is 0.0713 e. The SMILES string of the molecule is CC(C)c1ccc(C2(c3ccc(C(C)C)c(C(C)C)c3)c3ccccc3-c3ccccc32)cc1C(C)C. The molecule has 0 saturated carbocycles. The first kappa shape index (κ1) is 25.5. The van der Waals surface area contributed by atoms with E-state index < -0.39 is 0 Å². The standard InChI is InChI=1S/C37H42/c1-23(2)29-19-17-27(21-33(29)25(5)6)37(28-18-20-30(24(3)4)34(22-28)26(7)8)35-15-11-9-13-31(35)32-14-10-12-16-36(32)37/h9-26H,1-8H3. The van der Waals surface area contributed by atoms with Crippen LogP contribution in [0.4, 0.5) is 0 Å². The molecule has 0 nitrogen and oxygen atoms in total. The second-order valence-corrected chi connectivity index (χ2v) is 12.1. The van der Waals surface area contributed by atoms with Crippen molar-refractivity contribution >= 4 is 0 Å². The average Bonchev–Trinajstić information content (AvgIpc) is 3.19. The molecule has 37 heavy (non-hydrogen) atoms. The van der Waals surface area contributed by atoms with Crippen LogP contribution in [0.1, 0.15) is 124 Å². The van der Waals surface area contributed by atoms with Gasteiger partial charge < -0.3 is 0 Å². The van der Waals surface area contributed by atoms with Crippen molar-refractivity contribution in [2.24, 2.45) is 0 Å². The Hall–Kier alpha value is -3.12. The smallest absolute Gasteiger partial charge is 0.0619 e. The van der Waals surface area contributed by atoms with Crippen molar-refractivity contribution in [3.8, 4) is 11.1 Å². The number of rotatable bonds is 6. The van der Waals surface area contributed by atoms with Crippen LogP contribution in [0, 0.1) is 0 Å².